The zero-order valence-corrected chi connectivity index (χ0v) is 7.82. The largest absolute Gasteiger partial charge is 0.788 e. The molecule has 1 aromatic carbocycles. The average Bonchev–Trinajstić information content (AvgIpc) is 2.25. The van der Waals surface area contributed by atoms with Crippen molar-refractivity contribution in [2.45, 2.75) is 6.42 Å². The maximum atomic E-state index is 11.4. The second-order valence-corrected chi connectivity index (χ2v) is 2.87. The van der Waals surface area contributed by atoms with Gasteiger partial charge in [-0.3, -0.25) is 4.79 Å². The van der Waals surface area contributed by atoms with E-state index >= 15 is 0 Å². The molecular formula is C10H13N2O2-. The molecule has 76 valence electrons. The highest BCUT2D eigenvalue weighted by Gasteiger charge is 2.01. The first-order valence-corrected chi connectivity index (χ1v) is 4.53. The van der Waals surface area contributed by atoms with Crippen LogP contribution in [0, 0.1) is 5.21 Å². The number of rotatable bonds is 5. The number of hydroxylamine groups is 1. The number of carbonyl (C=O) groups is 1. The predicted octanol–water partition coefficient (Wildman–Crippen LogP) is 0.894. The Hall–Kier alpha value is -1.39. The van der Waals surface area contributed by atoms with Crippen LogP contribution in [0.1, 0.15) is 16.8 Å². The van der Waals surface area contributed by atoms with Crippen LogP contribution in [-0.4, -0.2) is 19.0 Å². The summed E-state index contributed by atoms with van der Waals surface area (Å²) >= 11 is 0. The second kappa shape index (κ2) is 6.12. The second-order valence-electron chi connectivity index (χ2n) is 2.87. The first-order valence-electron chi connectivity index (χ1n) is 4.53. The smallest absolute Gasteiger partial charge is 0.251 e. The maximum absolute atomic E-state index is 11.4. The van der Waals surface area contributed by atoms with Crippen molar-refractivity contribution in [2.75, 3.05) is 13.1 Å². The van der Waals surface area contributed by atoms with Gasteiger partial charge in [-0.1, -0.05) is 18.2 Å². The fourth-order valence-electron chi connectivity index (χ4n) is 1.05. The van der Waals surface area contributed by atoms with Gasteiger partial charge in [0.2, 0.25) is 0 Å². The number of hydrogen-bond donors (Lipinski definition) is 2. The molecule has 0 saturated carbocycles. The summed E-state index contributed by atoms with van der Waals surface area (Å²) < 4.78 is 0. The molecule has 4 heteroatoms. The van der Waals surface area contributed by atoms with E-state index in [-0.39, 0.29) is 5.91 Å². The minimum atomic E-state index is -0.100. The van der Waals surface area contributed by atoms with Crippen molar-refractivity contribution >= 4 is 5.91 Å². The molecule has 0 radical (unpaired) electrons. The number of nitrogens with one attached hydrogen (secondary N) is 2. The first-order chi connectivity index (χ1) is 6.84. The van der Waals surface area contributed by atoms with Crippen molar-refractivity contribution in [3.63, 3.8) is 0 Å². The first kappa shape index (κ1) is 10.7. The van der Waals surface area contributed by atoms with E-state index in [0.29, 0.717) is 25.1 Å². The van der Waals surface area contributed by atoms with Gasteiger partial charge in [0.1, 0.15) is 0 Å². The lowest BCUT2D eigenvalue weighted by Crippen LogP contribution is -2.26. The molecule has 0 aliphatic rings. The fraction of sp³-hybridized carbons (Fsp3) is 0.300. The highest BCUT2D eigenvalue weighted by molar-refractivity contribution is 5.94. The van der Waals surface area contributed by atoms with Crippen LogP contribution < -0.4 is 10.8 Å². The van der Waals surface area contributed by atoms with Crippen molar-refractivity contribution in [3.8, 4) is 0 Å². The van der Waals surface area contributed by atoms with Gasteiger partial charge in [0.05, 0.1) is 0 Å². The van der Waals surface area contributed by atoms with E-state index in [2.05, 4.69) is 5.32 Å². The Morgan fingerprint density at radius 2 is 1.93 bits per heavy atom. The van der Waals surface area contributed by atoms with Crippen LogP contribution >= 0.6 is 0 Å². The van der Waals surface area contributed by atoms with Crippen molar-refractivity contribution in [1.29, 1.82) is 0 Å². The Morgan fingerprint density at radius 3 is 2.57 bits per heavy atom. The third-order valence-corrected chi connectivity index (χ3v) is 1.78. The zero-order valence-electron chi connectivity index (χ0n) is 7.82. The lowest BCUT2D eigenvalue weighted by molar-refractivity contribution is 0.0953. The summed E-state index contributed by atoms with van der Waals surface area (Å²) in [6, 6.07) is 8.99. The molecule has 0 aliphatic heterocycles. The van der Waals surface area contributed by atoms with Gasteiger partial charge in [0, 0.05) is 12.1 Å². The van der Waals surface area contributed by atoms with Gasteiger partial charge in [0.25, 0.3) is 5.91 Å². The highest BCUT2D eigenvalue weighted by Crippen LogP contribution is 1.97. The molecule has 0 heterocycles. The van der Waals surface area contributed by atoms with E-state index in [1.54, 1.807) is 17.6 Å². The van der Waals surface area contributed by atoms with Gasteiger partial charge in [-0.05, 0) is 25.1 Å². The molecule has 2 N–H and O–H groups in total. The Morgan fingerprint density at radius 1 is 1.21 bits per heavy atom. The van der Waals surface area contributed by atoms with Gasteiger partial charge >= 0.3 is 0 Å². The fourth-order valence-corrected chi connectivity index (χ4v) is 1.05. The third-order valence-electron chi connectivity index (χ3n) is 1.78. The molecule has 0 unspecified atom stereocenters. The summed E-state index contributed by atoms with van der Waals surface area (Å²) in [4.78, 5) is 11.4. The van der Waals surface area contributed by atoms with Crippen LogP contribution in [-0.2, 0) is 0 Å². The average molecular weight is 193 g/mol. The zero-order chi connectivity index (χ0) is 10.2. The van der Waals surface area contributed by atoms with E-state index in [0.717, 1.165) is 0 Å². The number of amides is 1. The summed E-state index contributed by atoms with van der Waals surface area (Å²) in [7, 11) is 0. The Labute approximate surface area is 82.9 Å². The summed E-state index contributed by atoms with van der Waals surface area (Å²) in [6.07, 6.45) is 0.641. The molecule has 0 atom stereocenters. The molecule has 1 rings (SSSR count). The molecular weight excluding hydrogens is 180 g/mol. The molecule has 0 aliphatic carbocycles. The van der Waals surface area contributed by atoms with Crippen LogP contribution in [0.2, 0.25) is 0 Å². The number of hydrogen-bond acceptors (Lipinski definition) is 3. The van der Waals surface area contributed by atoms with Crippen LogP contribution in [0.4, 0.5) is 0 Å². The van der Waals surface area contributed by atoms with E-state index < -0.39 is 0 Å². The minimum Gasteiger partial charge on any atom is -0.788 e. The van der Waals surface area contributed by atoms with Crippen molar-refractivity contribution in [1.82, 2.24) is 10.8 Å². The lowest BCUT2D eigenvalue weighted by atomic mass is 10.2. The molecule has 0 saturated heterocycles. The van der Waals surface area contributed by atoms with Crippen LogP contribution in [0.5, 0.6) is 0 Å². The third kappa shape index (κ3) is 3.55. The normalized spacial score (nSPS) is 9.79. The van der Waals surface area contributed by atoms with E-state index in [1.807, 2.05) is 18.2 Å². The quantitative estimate of drug-likeness (QED) is 0.539. The molecule has 0 aromatic heterocycles. The molecule has 14 heavy (non-hydrogen) atoms. The summed E-state index contributed by atoms with van der Waals surface area (Å²) in [6.45, 7) is 0.887. The van der Waals surface area contributed by atoms with Gasteiger partial charge in [-0.15, -0.1) is 0 Å². The monoisotopic (exact) mass is 193 g/mol. The van der Waals surface area contributed by atoms with Gasteiger partial charge in [-0.2, -0.15) is 0 Å². The SMILES string of the molecule is O=C(NCCCN[O-])c1ccccc1. The Bertz CT molecular complexity index is 275. The number of carbonyl (C=O) groups excluding carboxylic acids is 1. The summed E-state index contributed by atoms with van der Waals surface area (Å²) in [5, 5.41) is 12.6. The molecule has 1 aromatic rings. The Balaban J connectivity index is 2.29. The van der Waals surface area contributed by atoms with Crippen molar-refractivity contribution in [3.05, 3.63) is 41.1 Å². The van der Waals surface area contributed by atoms with Crippen molar-refractivity contribution < 1.29 is 4.79 Å². The highest BCUT2D eigenvalue weighted by atomic mass is 16.5. The standard InChI is InChI=1S/C10H13N2O2/c13-10(11-7-4-8-12-14)9-5-2-1-3-6-9/h1-3,5-6,12H,4,7-8H2,(H,11,13)/q-1. The van der Waals surface area contributed by atoms with Gasteiger partial charge in [-0.25, -0.2) is 0 Å². The predicted molar refractivity (Wildman–Crippen MR) is 54.8 cm³/mol. The van der Waals surface area contributed by atoms with Crippen LogP contribution in [0.3, 0.4) is 0 Å². The summed E-state index contributed by atoms with van der Waals surface area (Å²) in [5.41, 5.74) is 2.42. The summed E-state index contributed by atoms with van der Waals surface area (Å²) in [5.74, 6) is -0.100. The van der Waals surface area contributed by atoms with Crippen LogP contribution in [0.25, 0.3) is 0 Å². The van der Waals surface area contributed by atoms with E-state index in [1.165, 1.54) is 0 Å². The van der Waals surface area contributed by atoms with Crippen molar-refractivity contribution in [2.24, 2.45) is 0 Å². The minimum absolute atomic E-state index is 0.100. The molecule has 4 nitrogen and oxygen atoms in total. The molecule has 0 bridgehead atoms. The van der Waals surface area contributed by atoms with Crippen LogP contribution in [0.15, 0.2) is 30.3 Å². The van der Waals surface area contributed by atoms with Gasteiger partial charge < -0.3 is 16.0 Å². The maximum Gasteiger partial charge on any atom is 0.251 e. The van der Waals surface area contributed by atoms with Gasteiger partial charge in [0.15, 0.2) is 0 Å². The molecule has 0 spiro atoms. The Kier molecular flexibility index (Phi) is 4.68. The number of benzene rings is 1. The molecule has 0 fully saturated rings. The van der Waals surface area contributed by atoms with E-state index in [4.69, 9.17) is 0 Å². The van der Waals surface area contributed by atoms with E-state index in [9.17, 15) is 10.0 Å². The molecule has 1 amide bonds. The lowest BCUT2D eigenvalue weighted by Gasteiger charge is -2.07. The topological polar surface area (TPSA) is 64.2 Å².